The molecule has 29 heavy (non-hydrogen) atoms. The van der Waals surface area contributed by atoms with Crippen molar-refractivity contribution in [2.45, 2.75) is 25.2 Å². The van der Waals surface area contributed by atoms with E-state index in [2.05, 4.69) is 15.2 Å². The minimum atomic E-state index is -3.55. The molecule has 1 unspecified atom stereocenters. The van der Waals surface area contributed by atoms with Gasteiger partial charge >= 0.3 is 0 Å². The molecule has 1 aliphatic heterocycles. The number of rotatable bonds is 6. The van der Waals surface area contributed by atoms with E-state index >= 15 is 0 Å². The van der Waals surface area contributed by atoms with E-state index in [1.165, 1.54) is 4.31 Å². The third-order valence-corrected chi connectivity index (χ3v) is 6.78. The Hall–Kier alpha value is -2.78. The van der Waals surface area contributed by atoms with E-state index in [0.29, 0.717) is 37.2 Å². The van der Waals surface area contributed by atoms with Crippen molar-refractivity contribution < 1.29 is 17.6 Å². The first-order valence-corrected chi connectivity index (χ1v) is 10.8. The molecule has 2 aromatic heterocycles. The van der Waals surface area contributed by atoms with Crippen molar-refractivity contribution in [3.05, 3.63) is 54.2 Å². The van der Waals surface area contributed by atoms with Crippen LogP contribution in [0.15, 0.2) is 52.0 Å². The van der Waals surface area contributed by atoms with Crippen molar-refractivity contribution in [1.29, 1.82) is 0 Å². The summed E-state index contributed by atoms with van der Waals surface area (Å²) in [4.78, 5) is 4.53. The van der Waals surface area contributed by atoms with Gasteiger partial charge in [0.2, 0.25) is 15.9 Å². The number of hydrogen-bond acceptors (Lipinski definition) is 7. The number of hydrogen-bond donors (Lipinski definition) is 0. The van der Waals surface area contributed by atoms with Crippen LogP contribution in [0.2, 0.25) is 0 Å². The van der Waals surface area contributed by atoms with Gasteiger partial charge in [-0.3, -0.25) is 0 Å². The van der Waals surface area contributed by atoms with E-state index in [-0.39, 0.29) is 10.8 Å². The Labute approximate surface area is 169 Å². The number of nitrogens with zero attached hydrogens (tertiary/aromatic N) is 4. The molecule has 4 rings (SSSR count). The maximum atomic E-state index is 13.0. The summed E-state index contributed by atoms with van der Waals surface area (Å²) in [7, 11) is -3.55. The van der Waals surface area contributed by atoms with E-state index in [1.807, 2.05) is 13.0 Å². The molecule has 0 bridgehead atoms. The van der Waals surface area contributed by atoms with Crippen LogP contribution in [0.4, 0.5) is 0 Å². The molecule has 8 nitrogen and oxygen atoms in total. The van der Waals surface area contributed by atoms with Crippen molar-refractivity contribution >= 4 is 10.0 Å². The maximum Gasteiger partial charge on any atom is 0.243 e. The Kier molecular flexibility index (Phi) is 5.33. The topological polar surface area (TPSA) is 98.4 Å². The summed E-state index contributed by atoms with van der Waals surface area (Å²) in [6.07, 6.45) is 2.30. The Balaban J connectivity index is 1.39. The lowest BCUT2D eigenvalue weighted by molar-refractivity contribution is 0.244. The van der Waals surface area contributed by atoms with Gasteiger partial charge < -0.3 is 9.15 Å². The van der Waals surface area contributed by atoms with E-state index in [0.717, 1.165) is 17.7 Å². The van der Waals surface area contributed by atoms with Crippen molar-refractivity contribution in [1.82, 2.24) is 19.5 Å². The third-order valence-electron chi connectivity index (χ3n) is 4.90. The summed E-state index contributed by atoms with van der Waals surface area (Å²) in [6.45, 7) is 4.93. The van der Waals surface area contributed by atoms with Crippen LogP contribution < -0.4 is 4.74 Å². The molecule has 3 heterocycles. The average Bonchev–Trinajstić information content (AvgIpc) is 3.37. The van der Waals surface area contributed by atoms with Gasteiger partial charge in [-0.1, -0.05) is 12.1 Å². The lowest BCUT2D eigenvalue weighted by atomic mass is 10.1. The van der Waals surface area contributed by atoms with Crippen LogP contribution in [0, 0.1) is 19.8 Å². The molecule has 0 aliphatic carbocycles. The van der Waals surface area contributed by atoms with E-state index < -0.39 is 10.0 Å². The van der Waals surface area contributed by atoms with Crippen molar-refractivity contribution in [3.8, 4) is 17.1 Å². The van der Waals surface area contributed by atoms with E-state index in [4.69, 9.17) is 9.15 Å². The summed E-state index contributed by atoms with van der Waals surface area (Å²) >= 11 is 0. The number of aromatic nitrogens is 3. The molecular weight excluding hydrogens is 392 g/mol. The van der Waals surface area contributed by atoms with Crippen LogP contribution in [0.1, 0.15) is 18.0 Å². The zero-order valence-electron chi connectivity index (χ0n) is 16.3. The fourth-order valence-corrected chi connectivity index (χ4v) is 4.79. The largest absolute Gasteiger partial charge is 0.476 e. The first-order chi connectivity index (χ1) is 13.9. The predicted octanol–water partition coefficient (Wildman–Crippen LogP) is 2.84. The van der Waals surface area contributed by atoms with Crippen LogP contribution in [0.3, 0.4) is 0 Å². The summed E-state index contributed by atoms with van der Waals surface area (Å²) in [5.41, 5.74) is 2.32. The Morgan fingerprint density at radius 1 is 1.14 bits per heavy atom. The summed E-state index contributed by atoms with van der Waals surface area (Å²) < 4.78 is 38.3. The zero-order chi connectivity index (χ0) is 20.4. The first-order valence-electron chi connectivity index (χ1n) is 9.38. The van der Waals surface area contributed by atoms with Crippen LogP contribution in [-0.4, -0.2) is 47.6 Å². The molecule has 1 fully saturated rings. The minimum absolute atomic E-state index is 0.116. The van der Waals surface area contributed by atoms with E-state index in [9.17, 15) is 8.42 Å². The number of sulfonamides is 1. The van der Waals surface area contributed by atoms with Gasteiger partial charge in [0.05, 0.1) is 17.2 Å². The summed E-state index contributed by atoms with van der Waals surface area (Å²) in [5.74, 6) is 1.14. The lowest BCUT2D eigenvalue weighted by Crippen LogP contribution is -2.29. The number of ether oxygens (including phenoxy) is 1. The van der Waals surface area contributed by atoms with Crippen molar-refractivity contribution in [3.63, 3.8) is 0 Å². The molecule has 0 saturated carbocycles. The Morgan fingerprint density at radius 3 is 2.59 bits per heavy atom. The molecule has 3 aromatic rings. The van der Waals surface area contributed by atoms with Crippen molar-refractivity contribution in [2.24, 2.45) is 5.92 Å². The normalized spacial score (nSPS) is 17.5. The Morgan fingerprint density at radius 2 is 1.93 bits per heavy atom. The third kappa shape index (κ3) is 4.30. The van der Waals surface area contributed by atoms with Gasteiger partial charge in [0.25, 0.3) is 0 Å². The van der Waals surface area contributed by atoms with Crippen LogP contribution in [0.25, 0.3) is 11.3 Å². The predicted molar refractivity (Wildman–Crippen MR) is 106 cm³/mol. The van der Waals surface area contributed by atoms with Crippen LogP contribution >= 0.6 is 0 Å². The van der Waals surface area contributed by atoms with Crippen LogP contribution in [0.5, 0.6) is 5.88 Å². The smallest absolute Gasteiger partial charge is 0.243 e. The number of benzene rings is 1. The second-order valence-corrected chi connectivity index (χ2v) is 9.06. The lowest BCUT2D eigenvalue weighted by Gasteiger charge is -2.17. The quantitative estimate of drug-likeness (QED) is 0.612. The van der Waals surface area contributed by atoms with Gasteiger partial charge in [-0.2, -0.15) is 9.40 Å². The fraction of sp³-hybridized carbons (Fsp3) is 0.350. The molecular formula is C20H22N4O4S. The minimum Gasteiger partial charge on any atom is -0.476 e. The molecule has 0 spiro atoms. The highest BCUT2D eigenvalue weighted by Crippen LogP contribution is 2.27. The van der Waals surface area contributed by atoms with Gasteiger partial charge in [-0.25, -0.2) is 13.4 Å². The molecule has 0 amide bonds. The SMILES string of the molecule is Cc1ccc(OCC2CCN(S(=O)(=O)c3ccc(-c4coc(C)n4)cc3)C2)nn1. The fourth-order valence-electron chi connectivity index (χ4n) is 3.26. The Bertz CT molecular complexity index is 1080. The molecule has 1 saturated heterocycles. The molecule has 152 valence electrons. The van der Waals surface area contributed by atoms with Gasteiger partial charge in [-0.05, 0) is 31.5 Å². The molecule has 1 aromatic carbocycles. The highest BCUT2D eigenvalue weighted by atomic mass is 32.2. The average molecular weight is 414 g/mol. The first kappa shape index (κ1) is 19.5. The number of aryl methyl sites for hydroxylation is 2. The summed E-state index contributed by atoms with van der Waals surface area (Å²) in [6, 6.07) is 10.3. The molecule has 0 N–H and O–H groups in total. The molecule has 1 aliphatic rings. The monoisotopic (exact) mass is 414 g/mol. The zero-order valence-corrected chi connectivity index (χ0v) is 17.1. The second-order valence-electron chi connectivity index (χ2n) is 7.12. The summed E-state index contributed by atoms with van der Waals surface area (Å²) in [5, 5.41) is 7.93. The second kappa shape index (κ2) is 7.92. The van der Waals surface area contributed by atoms with Crippen molar-refractivity contribution in [2.75, 3.05) is 19.7 Å². The van der Waals surface area contributed by atoms with Gasteiger partial charge in [0.1, 0.15) is 12.0 Å². The van der Waals surface area contributed by atoms with Gasteiger partial charge in [-0.15, -0.1) is 5.10 Å². The van der Waals surface area contributed by atoms with E-state index in [1.54, 1.807) is 43.5 Å². The number of oxazole rings is 1. The standard InChI is InChI=1S/C20H22N4O4S/c1-14-3-8-20(23-22-14)28-12-16-9-10-24(11-16)29(25,26)18-6-4-17(5-7-18)19-13-27-15(2)21-19/h3-8,13,16H,9-12H2,1-2H3. The molecule has 0 radical (unpaired) electrons. The van der Waals surface area contributed by atoms with Crippen LogP contribution in [-0.2, 0) is 10.0 Å². The highest BCUT2D eigenvalue weighted by Gasteiger charge is 2.33. The van der Waals surface area contributed by atoms with Gasteiger partial charge in [0, 0.05) is 37.6 Å². The maximum absolute atomic E-state index is 13.0. The highest BCUT2D eigenvalue weighted by molar-refractivity contribution is 7.89. The van der Waals surface area contributed by atoms with Gasteiger partial charge in [0.15, 0.2) is 5.89 Å². The molecule has 9 heteroatoms. The molecule has 1 atom stereocenters.